The molecule has 0 saturated heterocycles. The molecule has 0 fully saturated rings. The molecule has 0 bridgehead atoms. The minimum Gasteiger partial charge on any atom is -0.375 e. The highest BCUT2D eigenvalue weighted by Crippen LogP contribution is 2.37. The number of hydrogen-bond donors (Lipinski definition) is 1. The van der Waals surface area contributed by atoms with Crippen molar-refractivity contribution in [2.75, 3.05) is 13.7 Å². The molecule has 0 aliphatic heterocycles. The van der Waals surface area contributed by atoms with Gasteiger partial charge in [0.15, 0.2) is 0 Å². The molecule has 3 nitrogen and oxygen atoms in total. The van der Waals surface area contributed by atoms with Crippen LogP contribution >= 0.6 is 0 Å². The minimum absolute atomic E-state index is 0.124. The maximum atomic E-state index is 6.23. The lowest BCUT2D eigenvalue weighted by Crippen LogP contribution is -2.43. The lowest BCUT2D eigenvalue weighted by atomic mass is 9.74. The molecule has 0 aromatic rings. The van der Waals surface area contributed by atoms with Crippen molar-refractivity contribution in [3.8, 4) is 0 Å². The van der Waals surface area contributed by atoms with Gasteiger partial charge in [-0.05, 0) is 87.1 Å². The Hall–Kier alpha value is -0.120. The first-order valence-corrected chi connectivity index (χ1v) is 9.11. The molecule has 0 rings (SSSR count). The number of rotatable bonds is 11. The Labute approximate surface area is 145 Å². The Morgan fingerprint density at radius 2 is 1.35 bits per heavy atom. The van der Waals surface area contributed by atoms with Crippen LogP contribution in [0.15, 0.2) is 0 Å². The maximum Gasteiger partial charge on any atom is 0.0651 e. The summed E-state index contributed by atoms with van der Waals surface area (Å²) in [7, 11) is 2.04. The van der Waals surface area contributed by atoms with Crippen LogP contribution in [-0.4, -0.2) is 36.5 Å². The van der Waals surface area contributed by atoms with Gasteiger partial charge in [-0.2, -0.15) is 0 Å². The van der Waals surface area contributed by atoms with Gasteiger partial charge in [0.25, 0.3) is 0 Å². The average molecular weight is 330 g/mol. The number of ether oxygens (including phenoxy) is 2. The van der Waals surface area contributed by atoms with Crippen LogP contribution in [0.2, 0.25) is 0 Å². The molecule has 1 N–H and O–H groups in total. The molecular formula is C20H43NO2. The zero-order chi connectivity index (χ0) is 18.5. The first-order valence-electron chi connectivity index (χ1n) is 9.11. The van der Waals surface area contributed by atoms with Crippen LogP contribution in [0, 0.1) is 5.41 Å². The van der Waals surface area contributed by atoms with Crippen molar-refractivity contribution in [3.63, 3.8) is 0 Å². The predicted octanol–water partition coefficient (Wildman–Crippen LogP) is 5.18. The first kappa shape index (κ1) is 22.9. The summed E-state index contributed by atoms with van der Waals surface area (Å²) in [6, 6.07) is 0. The molecule has 0 aromatic heterocycles. The van der Waals surface area contributed by atoms with Crippen LogP contribution in [-0.2, 0) is 9.47 Å². The van der Waals surface area contributed by atoms with Crippen molar-refractivity contribution >= 4 is 0 Å². The van der Waals surface area contributed by atoms with Crippen LogP contribution < -0.4 is 5.32 Å². The van der Waals surface area contributed by atoms with Gasteiger partial charge in [-0.1, -0.05) is 13.8 Å². The van der Waals surface area contributed by atoms with Gasteiger partial charge < -0.3 is 14.8 Å². The highest BCUT2D eigenvalue weighted by atomic mass is 16.5. The third kappa shape index (κ3) is 11.1. The third-order valence-corrected chi connectivity index (χ3v) is 4.25. The molecular weight excluding hydrogens is 286 g/mol. The van der Waals surface area contributed by atoms with Crippen molar-refractivity contribution in [1.29, 1.82) is 0 Å². The van der Waals surface area contributed by atoms with E-state index in [1.54, 1.807) is 0 Å². The lowest BCUT2D eigenvalue weighted by Gasteiger charge is -2.40. The van der Waals surface area contributed by atoms with E-state index in [9.17, 15) is 0 Å². The fourth-order valence-electron chi connectivity index (χ4n) is 3.82. The van der Waals surface area contributed by atoms with Crippen LogP contribution in [0.3, 0.4) is 0 Å². The van der Waals surface area contributed by atoms with Gasteiger partial charge in [0, 0.05) is 5.54 Å². The summed E-state index contributed by atoms with van der Waals surface area (Å²) < 4.78 is 12.2. The molecule has 0 unspecified atom stereocenters. The Morgan fingerprint density at radius 1 is 0.826 bits per heavy atom. The van der Waals surface area contributed by atoms with E-state index in [0.29, 0.717) is 0 Å². The quantitative estimate of drug-likeness (QED) is 0.566. The highest BCUT2D eigenvalue weighted by Gasteiger charge is 2.34. The minimum atomic E-state index is -0.131. The molecule has 0 heterocycles. The van der Waals surface area contributed by atoms with Crippen LogP contribution in [0.1, 0.15) is 88.5 Å². The van der Waals surface area contributed by atoms with Gasteiger partial charge >= 0.3 is 0 Å². The Morgan fingerprint density at radius 3 is 1.78 bits per heavy atom. The van der Waals surface area contributed by atoms with E-state index < -0.39 is 0 Å². The van der Waals surface area contributed by atoms with Gasteiger partial charge in [0.1, 0.15) is 0 Å². The number of nitrogens with one attached hydrogen (secondary N) is 1. The van der Waals surface area contributed by atoms with Crippen LogP contribution in [0.4, 0.5) is 0 Å². The van der Waals surface area contributed by atoms with Gasteiger partial charge in [-0.25, -0.2) is 0 Å². The molecule has 0 aromatic carbocycles. The van der Waals surface area contributed by atoms with E-state index in [2.05, 4.69) is 74.6 Å². The van der Waals surface area contributed by atoms with Crippen LogP contribution in [0.5, 0.6) is 0 Å². The van der Waals surface area contributed by atoms with E-state index >= 15 is 0 Å². The fraction of sp³-hybridized carbons (Fsp3) is 1.00. The zero-order valence-corrected chi connectivity index (χ0v) is 17.7. The second-order valence-electron chi connectivity index (χ2n) is 9.94. The maximum absolute atomic E-state index is 6.23. The summed E-state index contributed by atoms with van der Waals surface area (Å²) >= 11 is 0. The molecule has 0 aliphatic rings. The van der Waals surface area contributed by atoms with Crippen molar-refractivity contribution in [3.05, 3.63) is 0 Å². The van der Waals surface area contributed by atoms with Crippen molar-refractivity contribution in [2.45, 2.75) is 111 Å². The monoisotopic (exact) mass is 329 g/mol. The summed E-state index contributed by atoms with van der Waals surface area (Å²) in [6.45, 7) is 22.8. The van der Waals surface area contributed by atoms with E-state index in [0.717, 1.165) is 25.9 Å². The standard InChI is InChI=1S/C20H43NO2/c1-16(2)23-19(7,8)12-13-22-20(9,10)15-17(3,4)14-18(5,6)21-11/h16,21H,12-15H2,1-11H3. The Balaban J connectivity index is 4.48. The Bertz CT molecular complexity index is 344. The summed E-state index contributed by atoms with van der Waals surface area (Å²) in [4.78, 5) is 0. The van der Waals surface area contributed by atoms with Crippen molar-refractivity contribution in [1.82, 2.24) is 5.32 Å². The second-order valence-corrected chi connectivity index (χ2v) is 9.94. The van der Waals surface area contributed by atoms with E-state index in [1.807, 2.05) is 7.05 Å². The largest absolute Gasteiger partial charge is 0.375 e. The molecule has 3 heteroatoms. The van der Waals surface area contributed by atoms with E-state index in [1.165, 1.54) is 0 Å². The third-order valence-electron chi connectivity index (χ3n) is 4.25. The molecule has 0 saturated carbocycles. The lowest BCUT2D eigenvalue weighted by molar-refractivity contribution is -0.100. The molecule has 0 atom stereocenters. The fourth-order valence-corrected chi connectivity index (χ4v) is 3.82. The van der Waals surface area contributed by atoms with Gasteiger partial charge in [-0.15, -0.1) is 0 Å². The summed E-state index contributed by atoms with van der Waals surface area (Å²) in [6.07, 6.45) is 3.32. The average Bonchev–Trinajstić information content (AvgIpc) is 2.22. The van der Waals surface area contributed by atoms with Gasteiger partial charge in [0.05, 0.1) is 23.9 Å². The summed E-state index contributed by atoms with van der Waals surface area (Å²) in [5.74, 6) is 0. The molecule has 0 radical (unpaired) electrons. The normalized spacial score (nSPS) is 14.6. The Kier molecular flexibility index (Phi) is 8.27. The SMILES string of the molecule is CNC(C)(C)CC(C)(C)CC(C)(C)OCCC(C)(C)OC(C)C. The van der Waals surface area contributed by atoms with Crippen molar-refractivity contribution < 1.29 is 9.47 Å². The molecule has 0 aliphatic carbocycles. The summed E-state index contributed by atoms with van der Waals surface area (Å²) in [5.41, 5.74) is 0.113. The topological polar surface area (TPSA) is 30.5 Å². The smallest absolute Gasteiger partial charge is 0.0651 e. The van der Waals surface area contributed by atoms with Crippen molar-refractivity contribution in [2.24, 2.45) is 5.41 Å². The first-order chi connectivity index (χ1) is 10.1. The predicted molar refractivity (Wildman–Crippen MR) is 101 cm³/mol. The molecule has 140 valence electrons. The van der Waals surface area contributed by atoms with Gasteiger partial charge in [-0.3, -0.25) is 0 Å². The zero-order valence-electron chi connectivity index (χ0n) is 17.7. The summed E-state index contributed by atoms with van der Waals surface area (Å²) in [5, 5.41) is 3.41. The molecule has 0 amide bonds. The second kappa shape index (κ2) is 8.31. The van der Waals surface area contributed by atoms with Crippen LogP contribution in [0.25, 0.3) is 0 Å². The van der Waals surface area contributed by atoms with E-state index in [4.69, 9.17) is 9.47 Å². The van der Waals surface area contributed by atoms with E-state index in [-0.39, 0.29) is 28.3 Å². The van der Waals surface area contributed by atoms with Gasteiger partial charge in [0.2, 0.25) is 0 Å². The number of hydrogen-bond acceptors (Lipinski definition) is 3. The molecule has 23 heavy (non-hydrogen) atoms. The molecule has 0 spiro atoms. The highest BCUT2D eigenvalue weighted by molar-refractivity contribution is 4.88.